The van der Waals surface area contributed by atoms with Crippen LogP contribution in [0.5, 0.6) is 0 Å². The van der Waals surface area contributed by atoms with Crippen LogP contribution in [0, 0.1) is 6.92 Å². The molecule has 0 aliphatic carbocycles. The van der Waals surface area contributed by atoms with E-state index in [-0.39, 0.29) is 11.8 Å². The summed E-state index contributed by atoms with van der Waals surface area (Å²) in [5.74, 6) is 0.0508. The Morgan fingerprint density at radius 3 is 2.12 bits per heavy atom. The molecule has 25 heavy (non-hydrogen) atoms. The lowest BCUT2D eigenvalue weighted by atomic mass is 10.0. The number of Topliss-reactive ketones (excluding diaryl/α,β-unsaturated/α-hetero) is 1. The molecule has 134 valence electrons. The fourth-order valence-electron chi connectivity index (χ4n) is 3.12. The van der Waals surface area contributed by atoms with Crippen molar-refractivity contribution in [2.45, 2.75) is 58.3 Å². The molecule has 0 unspecified atom stereocenters. The lowest BCUT2D eigenvalue weighted by Crippen LogP contribution is -2.41. The van der Waals surface area contributed by atoms with Crippen molar-refractivity contribution in [3.8, 4) is 0 Å². The Bertz CT molecular complexity index is 689. The SMILES string of the molecule is CC(=O)[C@@H](N)Cc1ccc([Si](C)(C)CCCc2ccc(C)cc2)cc1. The zero-order valence-corrected chi connectivity index (χ0v) is 17.0. The average Bonchev–Trinajstić information content (AvgIpc) is 2.57. The summed E-state index contributed by atoms with van der Waals surface area (Å²) < 4.78 is 0. The lowest BCUT2D eigenvalue weighted by Gasteiger charge is -2.23. The standard InChI is InChI=1S/C22H31NOSi/c1-17-7-9-19(10-8-17)6-5-15-25(3,4)21-13-11-20(12-14-21)16-22(23)18(2)24/h7-14,22H,5-6,15-16,23H2,1-4H3/t22-/m0/s1. The summed E-state index contributed by atoms with van der Waals surface area (Å²) in [7, 11) is -1.43. The molecule has 0 amide bonds. The van der Waals surface area contributed by atoms with E-state index in [1.165, 1.54) is 28.8 Å². The van der Waals surface area contributed by atoms with Gasteiger partial charge in [-0.05, 0) is 37.8 Å². The largest absolute Gasteiger partial charge is 0.321 e. The van der Waals surface area contributed by atoms with Gasteiger partial charge in [0.25, 0.3) is 0 Å². The summed E-state index contributed by atoms with van der Waals surface area (Å²) in [5, 5.41) is 1.48. The van der Waals surface area contributed by atoms with Crippen LogP contribution in [0.25, 0.3) is 0 Å². The van der Waals surface area contributed by atoms with E-state index in [1.807, 2.05) is 0 Å². The number of hydrogen-bond donors (Lipinski definition) is 1. The van der Waals surface area contributed by atoms with Crippen molar-refractivity contribution in [3.63, 3.8) is 0 Å². The molecule has 2 aromatic carbocycles. The van der Waals surface area contributed by atoms with Gasteiger partial charge in [-0.25, -0.2) is 0 Å². The molecule has 2 N–H and O–H groups in total. The van der Waals surface area contributed by atoms with E-state index in [1.54, 1.807) is 6.92 Å². The Labute approximate surface area is 153 Å². The molecule has 1 atom stereocenters. The van der Waals surface area contributed by atoms with Crippen LogP contribution in [0.4, 0.5) is 0 Å². The second kappa shape index (κ2) is 8.59. The molecule has 0 saturated carbocycles. The van der Waals surface area contributed by atoms with Gasteiger partial charge in [-0.3, -0.25) is 4.79 Å². The lowest BCUT2D eigenvalue weighted by molar-refractivity contribution is -0.118. The van der Waals surface area contributed by atoms with Crippen molar-refractivity contribution in [2.24, 2.45) is 5.73 Å². The normalized spacial score (nSPS) is 12.8. The van der Waals surface area contributed by atoms with Gasteiger partial charge in [-0.1, -0.05) is 84.8 Å². The third kappa shape index (κ3) is 5.94. The molecule has 0 heterocycles. The van der Waals surface area contributed by atoms with Gasteiger partial charge in [0, 0.05) is 0 Å². The van der Waals surface area contributed by atoms with Crippen LogP contribution < -0.4 is 10.9 Å². The molecule has 0 aliphatic heterocycles. The van der Waals surface area contributed by atoms with E-state index in [0.717, 1.165) is 12.0 Å². The monoisotopic (exact) mass is 353 g/mol. The van der Waals surface area contributed by atoms with Crippen LogP contribution in [0.3, 0.4) is 0 Å². The Morgan fingerprint density at radius 1 is 1.00 bits per heavy atom. The Balaban J connectivity index is 1.92. The van der Waals surface area contributed by atoms with Gasteiger partial charge >= 0.3 is 0 Å². The highest BCUT2D eigenvalue weighted by Gasteiger charge is 2.22. The molecular weight excluding hydrogens is 322 g/mol. The number of carbonyl (C=O) groups is 1. The third-order valence-corrected chi connectivity index (χ3v) is 8.60. The third-order valence-electron chi connectivity index (χ3n) is 5.10. The number of carbonyl (C=O) groups excluding carboxylic acids is 1. The molecule has 2 rings (SSSR count). The number of nitrogens with two attached hydrogens (primary N) is 1. The van der Waals surface area contributed by atoms with E-state index >= 15 is 0 Å². The predicted molar refractivity (Wildman–Crippen MR) is 110 cm³/mol. The fraction of sp³-hybridized carbons (Fsp3) is 0.409. The molecule has 3 heteroatoms. The molecule has 2 nitrogen and oxygen atoms in total. The molecule has 0 fully saturated rings. The number of hydrogen-bond acceptors (Lipinski definition) is 2. The minimum absolute atomic E-state index is 0.0508. The van der Waals surface area contributed by atoms with E-state index in [4.69, 9.17) is 5.73 Å². The number of ketones is 1. The van der Waals surface area contributed by atoms with Crippen LogP contribution in [0.1, 0.15) is 30.0 Å². The van der Waals surface area contributed by atoms with Crippen molar-refractivity contribution < 1.29 is 4.79 Å². The van der Waals surface area contributed by atoms with Crippen LogP contribution in [-0.2, 0) is 17.6 Å². The number of rotatable bonds is 8. The highest BCUT2D eigenvalue weighted by atomic mass is 28.3. The van der Waals surface area contributed by atoms with Crippen molar-refractivity contribution in [2.75, 3.05) is 0 Å². The Kier molecular flexibility index (Phi) is 6.74. The van der Waals surface area contributed by atoms with Crippen molar-refractivity contribution in [3.05, 3.63) is 65.2 Å². The maximum Gasteiger partial charge on any atom is 0.146 e. The van der Waals surface area contributed by atoms with E-state index in [9.17, 15) is 4.79 Å². The molecular formula is C22H31NOSi. The van der Waals surface area contributed by atoms with Gasteiger partial charge < -0.3 is 5.73 Å². The summed E-state index contributed by atoms with van der Waals surface area (Å²) in [6, 6.07) is 18.6. The van der Waals surface area contributed by atoms with Gasteiger partial charge in [0.15, 0.2) is 0 Å². The maximum absolute atomic E-state index is 11.3. The minimum atomic E-state index is -1.43. The number of benzene rings is 2. The maximum atomic E-state index is 11.3. The first-order valence-electron chi connectivity index (χ1n) is 9.19. The van der Waals surface area contributed by atoms with Gasteiger partial charge in [0.2, 0.25) is 0 Å². The molecule has 0 bridgehead atoms. The van der Waals surface area contributed by atoms with Gasteiger partial charge in [0.05, 0.1) is 14.1 Å². The van der Waals surface area contributed by atoms with Crippen LogP contribution >= 0.6 is 0 Å². The summed E-state index contributed by atoms with van der Waals surface area (Å²) >= 11 is 0. The summed E-state index contributed by atoms with van der Waals surface area (Å²) in [6.45, 7) is 8.58. The predicted octanol–water partition coefficient (Wildman–Crippen LogP) is 4.00. The summed E-state index contributed by atoms with van der Waals surface area (Å²) in [4.78, 5) is 11.3. The van der Waals surface area contributed by atoms with Crippen LogP contribution in [0.15, 0.2) is 48.5 Å². The second-order valence-corrected chi connectivity index (χ2v) is 12.7. The van der Waals surface area contributed by atoms with Crippen molar-refractivity contribution in [1.82, 2.24) is 0 Å². The van der Waals surface area contributed by atoms with Crippen molar-refractivity contribution >= 4 is 19.0 Å². The second-order valence-electron chi connectivity index (χ2n) is 7.84. The highest BCUT2D eigenvalue weighted by molar-refractivity contribution is 6.89. The van der Waals surface area contributed by atoms with Gasteiger partial charge in [0.1, 0.15) is 5.78 Å². The van der Waals surface area contributed by atoms with E-state index in [2.05, 4.69) is 68.5 Å². The topological polar surface area (TPSA) is 43.1 Å². The van der Waals surface area contributed by atoms with E-state index < -0.39 is 8.07 Å². The van der Waals surface area contributed by atoms with Gasteiger partial charge in [-0.2, -0.15) is 0 Å². The first-order valence-corrected chi connectivity index (χ1v) is 12.4. The molecule has 0 spiro atoms. The Morgan fingerprint density at radius 2 is 1.56 bits per heavy atom. The van der Waals surface area contributed by atoms with Crippen LogP contribution in [-0.4, -0.2) is 19.9 Å². The molecule has 2 aromatic rings. The smallest absolute Gasteiger partial charge is 0.146 e. The fourth-order valence-corrected chi connectivity index (χ4v) is 5.54. The highest BCUT2D eigenvalue weighted by Crippen LogP contribution is 2.16. The number of aryl methyl sites for hydroxylation is 2. The average molecular weight is 354 g/mol. The zero-order chi connectivity index (χ0) is 18.4. The molecule has 0 radical (unpaired) electrons. The zero-order valence-electron chi connectivity index (χ0n) is 16.0. The van der Waals surface area contributed by atoms with Crippen LogP contribution in [0.2, 0.25) is 19.1 Å². The van der Waals surface area contributed by atoms with E-state index in [0.29, 0.717) is 6.42 Å². The van der Waals surface area contributed by atoms with Gasteiger partial charge in [-0.15, -0.1) is 0 Å². The quantitative estimate of drug-likeness (QED) is 0.729. The summed E-state index contributed by atoms with van der Waals surface area (Å²) in [5.41, 5.74) is 9.77. The first-order chi connectivity index (χ1) is 11.8. The first kappa shape index (κ1) is 19.6. The summed E-state index contributed by atoms with van der Waals surface area (Å²) in [6.07, 6.45) is 3.02. The minimum Gasteiger partial charge on any atom is -0.321 e. The molecule has 0 aliphatic rings. The molecule has 0 saturated heterocycles. The van der Waals surface area contributed by atoms with Crippen molar-refractivity contribution in [1.29, 1.82) is 0 Å². The molecule has 0 aromatic heterocycles. The Hall–Kier alpha value is -1.71.